The smallest absolute Gasteiger partial charge is 0.375 e. The van der Waals surface area contributed by atoms with Crippen LogP contribution in [0.3, 0.4) is 0 Å². The Hall–Kier alpha value is -0.750. The maximum absolute atomic E-state index is 12.5. The number of hydrogen-bond donors (Lipinski definition) is 3. The van der Waals surface area contributed by atoms with Crippen molar-refractivity contribution in [3.63, 3.8) is 0 Å². The summed E-state index contributed by atoms with van der Waals surface area (Å²) in [5.74, 6) is -5.85. The summed E-state index contributed by atoms with van der Waals surface area (Å²) in [5, 5.41) is 19.0. The molecule has 0 radical (unpaired) electrons. The first-order valence-corrected chi connectivity index (χ1v) is 4.35. The summed E-state index contributed by atoms with van der Waals surface area (Å²) < 4.78 is 25.0. The lowest BCUT2D eigenvalue weighted by Crippen LogP contribution is -2.43. The fourth-order valence-electron chi connectivity index (χ4n) is 0.878. The van der Waals surface area contributed by atoms with E-state index < -0.39 is 18.4 Å². The molecule has 1 unspecified atom stereocenters. The summed E-state index contributed by atoms with van der Waals surface area (Å²) in [5.41, 5.74) is 0. The Labute approximate surface area is 80.9 Å². The number of carboxylic acids is 1. The lowest BCUT2D eigenvalue weighted by molar-refractivity contribution is -0.164. The van der Waals surface area contributed by atoms with Crippen LogP contribution in [0.1, 0.15) is 19.8 Å². The molecule has 0 aliphatic rings. The van der Waals surface area contributed by atoms with Crippen molar-refractivity contribution >= 4 is 5.97 Å². The maximum atomic E-state index is 12.5. The van der Waals surface area contributed by atoms with Crippen molar-refractivity contribution in [3.05, 3.63) is 0 Å². The van der Waals surface area contributed by atoms with Crippen molar-refractivity contribution in [3.8, 4) is 0 Å². The van der Waals surface area contributed by atoms with Gasteiger partial charge in [-0.3, -0.25) is 0 Å². The SMILES string of the molecule is CC(CCCO)NCC(F)(F)C(=O)O. The summed E-state index contributed by atoms with van der Waals surface area (Å²) >= 11 is 0. The number of carbonyl (C=O) groups is 1. The lowest BCUT2D eigenvalue weighted by Gasteiger charge is -2.16. The molecule has 0 fully saturated rings. The van der Waals surface area contributed by atoms with Crippen molar-refractivity contribution in [2.45, 2.75) is 31.7 Å². The van der Waals surface area contributed by atoms with Crippen LogP contribution in [0, 0.1) is 0 Å². The molecule has 0 aromatic rings. The average molecular weight is 211 g/mol. The molecule has 0 bridgehead atoms. The number of carboxylic acid groups (broad SMARTS) is 1. The molecule has 84 valence electrons. The van der Waals surface area contributed by atoms with E-state index in [1.54, 1.807) is 6.92 Å². The third-order valence-corrected chi connectivity index (χ3v) is 1.78. The number of hydrogen-bond acceptors (Lipinski definition) is 3. The fourth-order valence-corrected chi connectivity index (χ4v) is 0.878. The third kappa shape index (κ3) is 5.08. The predicted molar refractivity (Wildman–Crippen MR) is 46.4 cm³/mol. The molecule has 0 aromatic carbocycles. The average Bonchev–Trinajstić information content (AvgIpc) is 2.11. The van der Waals surface area contributed by atoms with E-state index in [1.807, 2.05) is 0 Å². The van der Waals surface area contributed by atoms with E-state index in [0.717, 1.165) is 0 Å². The van der Waals surface area contributed by atoms with Crippen molar-refractivity contribution in [2.24, 2.45) is 0 Å². The van der Waals surface area contributed by atoms with Crippen LogP contribution in [-0.4, -0.2) is 41.3 Å². The first-order chi connectivity index (χ1) is 6.40. The first kappa shape index (κ1) is 13.2. The van der Waals surface area contributed by atoms with Crippen LogP contribution in [0.2, 0.25) is 0 Å². The Balaban J connectivity index is 3.75. The van der Waals surface area contributed by atoms with Crippen molar-refractivity contribution in [2.75, 3.05) is 13.2 Å². The van der Waals surface area contributed by atoms with Gasteiger partial charge in [-0.1, -0.05) is 0 Å². The second-order valence-electron chi connectivity index (χ2n) is 3.16. The van der Waals surface area contributed by atoms with Gasteiger partial charge >= 0.3 is 11.9 Å². The van der Waals surface area contributed by atoms with Gasteiger partial charge in [0.2, 0.25) is 0 Å². The maximum Gasteiger partial charge on any atom is 0.375 e. The van der Waals surface area contributed by atoms with E-state index in [4.69, 9.17) is 10.2 Å². The monoisotopic (exact) mass is 211 g/mol. The van der Waals surface area contributed by atoms with E-state index in [1.165, 1.54) is 0 Å². The van der Waals surface area contributed by atoms with Gasteiger partial charge in [-0.15, -0.1) is 0 Å². The number of aliphatic hydroxyl groups is 1. The molecule has 0 aliphatic carbocycles. The molecule has 0 aromatic heterocycles. The summed E-state index contributed by atoms with van der Waals surface area (Å²) in [6.45, 7) is 0.782. The standard InChI is InChI=1S/C8H15F2NO3/c1-6(3-2-4-12)11-5-8(9,10)7(13)14/h6,11-12H,2-5H2,1H3,(H,13,14). The molecule has 0 saturated heterocycles. The van der Waals surface area contributed by atoms with Crippen LogP contribution in [-0.2, 0) is 4.79 Å². The van der Waals surface area contributed by atoms with E-state index in [-0.39, 0.29) is 12.6 Å². The number of nitrogens with one attached hydrogen (secondary N) is 1. The minimum atomic E-state index is -3.73. The molecular formula is C8H15F2NO3. The molecule has 0 heterocycles. The topological polar surface area (TPSA) is 69.6 Å². The van der Waals surface area contributed by atoms with Crippen LogP contribution in [0.4, 0.5) is 8.78 Å². The van der Waals surface area contributed by atoms with E-state index in [9.17, 15) is 13.6 Å². The number of alkyl halides is 2. The van der Waals surface area contributed by atoms with Gasteiger partial charge in [-0.25, -0.2) is 4.79 Å². The Bertz CT molecular complexity index is 187. The van der Waals surface area contributed by atoms with E-state index in [2.05, 4.69) is 5.32 Å². The Morgan fingerprint density at radius 2 is 2.14 bits per heavy atom. The van der Waals surface area contributed by atoms with E-state index >= 15 is 0 Å². The first-order valence-electron chi connectivity index (χ1n) is 4.35. The van der Waals surface area contributed by atoms with Gasteiger partial charge < -0.3 is 15.5 Å². The highest BCUT2D eigenvalue weighted by atomic mass is 19.3. The van der Waals surface area contributed by atoms with Crippen molar-refractivity contribution < 1.29 is 23.8 Å². The van der Waals surface area contributed by atoms with Crippen LogP contribution in [0.5, 0.6) is 0 Å². The zero-order valence-electron chi connectivity index (χ0n) is 7.96. The summed E-state index contributed by atoms with van der Waals surface area (Å²) in [6, 6.07) is -0.229. The molecule has 6 heteroatoms. The Kier molecular flexibility index (Phi) is 5.56. The minimum absolute atomic E-state index is 0.00133. The summed E-state index contributed by atoms with van der Waals surface area (Å²) in [4.78, 5) is 10.0. The third-order valence-electron chi connectivity index (χ3n) is 1.78. The van der Waals surface area contributed by atoms with Crippen molar-refractivity contribution in [1.29, 1.82) is 0 Å². The predicted octanol–water partition coefficient (Wildman–Crippen LogP) is 0.457. The quantitative estimate of drug-likeness (QED) is 0.572. The van der Waals surface area contributed by atoms with Crippen LogP contribution in [0.15, 0.2) is 0 Å². The largest absolute Gasteiger partial charge is 0.477 e. The minimum Gasteiger partial charge on any atom is -0.477 e. The van der Waals surface area contributed by atoms with Crippen molar-refractivity contribution in [1.82, 2.24) is 5.32 Å². The molecular weight excluding hydrogens is 196 g/mol. The normalized spacial score (nSPS) is 14.0. The molecule has 0 rings (SSSR count). The second-order valence-corrected chi connectivity index (χ2v) is 3.16. The number of aliphatic hydroxyl groups excluding tert-OH is 1. The Morgan fingerprint density at radius 1 is 1.57 bits per heavy atom. The van der Waals surface area contributed by atoms with Gasteiger partial charge in [-0.2, -0.15) is 8.78 Å². The molecule has 0 spiro atoms. The summed E-state index contributed by atoms with van der Waals surface area (Å²) in [6.07, 6.45) is 1.04. The van der Waals surface area contributed by atoms with Gasteiger partial charge in [0.1, 0.15) is 0 Å². The zero-order chi connectivity index (χ0) is 11.2. The van der Waals surface area contributed by atoms with E-state index in [0.29, 0.717) is 12.8 Å². The highest BCUT2D eigenvalue weighted by molar-refractivity contribution is 5.75. The van der Waals surface area contributed by atoms with Gasteiger partial charge in [0, 0.05) is 12.6 Å². The zero-order valence-corrected chi connectivity index (χ0v) is 7.96. The molecule has 3 N–H and O–H groups in total. The van der Waals surface area contributed by atoms with Gasteiger partial charge in [0.25, 0.3) is 0 Å². The van der Waals surface area contributed by atoms with Crippen LogP contribution >= 0.6 is 0 Å². The molecule has 0 amide bonds. The van der Waals surface area contributed by atoms with Gasteiger partial charge in [0.15, 0.2) is 0 Å². The molecule has 14 heavy (non-hydrogen) atoms. The molecule has 1 atom stereocenters. The van der Waals surface area contributed by atoms with Gasteiger partial charge in [-0.05, 0) is 19.8 Å². The van der Waals surface area contributed by atoms with Gasteiger partial charge in [0.05, 0.1) is 6.54 Å². The lowest BCUT2D eigenvalue weighted by atomic mass is 10.2. The number of halogens is 2. The molecule has 4 nitrogen and oxygen atoms in total. The summed E-state index contributed by atoms with van der Waals surface area (Å²) in [7, 11) is 0. The second kappa shape index (κ2) is 5.87. The fraction of sp³-hybridized carbons (Fsp3) is 0.875. The number of aliphatic carboxylic acids is 1. The highest BCUT2D eigenvalue weighted by Crippen LogP contribution is 2.12. The van der Waals surface area contributed by atoms with Crippen LogP contribution in [0.25, 0.3) is 0 Å². The number of rotatable bonds is 7. The molecule has 0 saturated carbocycles. The van der Waals surface area contributed by atoms with Crippen LogP contribution < -0.4 is 5.32 Å². The highest BCUT2D eigenvalue weighted by Gasteiger charge is 2.38. The Morgan fingerprint density at radius 3 is 2.57 bits per heavy atom. The molecule has 0 aliphatic heterocycles.